The number of hydrogen-bond donors (Lipinski definition) is 1. The summed E-state index contributed by atoms with van der Waals surface area (Å²) < 4.78 is 33.8. The van der Waals surface area contributed by atoms with E-state index in [4.69, 9.17) is 9.90 Å². The van der Waals surface area contributed by atoms with E-state index in [1.54, 1.807) is 6.20 Å². The predicted octanol–water partition coefficient (Wildman–Crippen LogP) is 2.48. The molecule has 1 aliphatic carbocycles. The lowest BCUT2D eigenvalue weighted by Crippen LogP contribution is -2.49. The van der Waals surface area contributed by atoms with E-state index in [1.165, 1.54) is 0 Å². The maximum Gasteiger partial charge on any atom is 0.490 e. The highest BCUT2D eigenvalue weighted by Gasteiger charge is 2.38. The molecule has 1 saturated heterocycles. The number of carboxylic acid groups (broad SMARTS) is 1. The normalized spacial score (nSPS) is 16.3. The van der Waals surface area contributed by atoms with Crippen LogP contribution in [0.5, 0.6) is 0 Å². The number of alkyl halides is 3. The van der Waals surface area contributed by atoms with Gasteiger partial charge >= 0.3 is 12.1 Å². The molecule has 4 heterocycles. The molecule has 1 aliphatic heterocycles. The number of amides is 1. The van der Waals surface area contributed by atoms with Gasteiger partial charge in [-0.1, -0.05) is 0 Å². The van der Waals surface area contributed by atoms with Gasteiger partial charge in [-0.2, -0.15) is 13.2 Å². The van der Waals surface area contributed by atoms with Crippen LogP contribution in [0, 0.1) is 5.92 Å². The van der Waals surface area contributed by atoms with Crippen LogP contribution in [0.25, 0.3) is 16.9 Å². The Morgan fingerprint density at radius 2 is 1.73 bits per heavy atom. The van der Waals surface area contributed by atoms with Crippen molar-refractivity contribution in [3.63, 3.8) is 0 Å². The van der Waals surface area contributed by atoms with Crippen LogP contribution in [-0.4, -0.2) is 73.6 Å². The fourth-order valence-corrected chi connectivity index (χ4v) is 3.58. The van der Waals surface area contributed by atoms with Crippen molar-refractivity contribution in [1.29, 1.82) is 0 Å². The Hall–Kier alpha value is -3.70. The number of pyridine rings is 1. The molecular formula is C21H21F3N6O3. The van der Waals surface area contributed by atoms with Gasteiger partial charge in [-0.05, 0) is 25.0 Å². The van der Waals surface area contributed by atoms with Crippen molar-refractivity contribution in [2.24, 2.45) is 5.92 Å². The number of nitrogens with zero attached hydrogens (tertiary/aromatic N) is 6. The lowest BCUT2D eigenvalue weighted by Gasteiger charge is -2.35. The number of piperazine rings is 1. The van der Waals surface area contributed by atoms with Gasteiger partial charge in [0.05, 0.1) is 11.9 Å². The first-order valence-electron chi connectivity index (χ1n) is 10.3. The van der Waals surface area contributed by atoms with Gasteiger partial charge in [0.1, 0.15) is 0 Å². The van der Waals surface area contributed by atoms with E-state index in [2.05, 4.69) is 24.3 Å². The van der Waals surface area contributed by atoms with Crippen molar-refractivity contribution in [2.75, 3.05) is 31.1 Å². The number of rotatable bonds is 3. The third-order valence-corrected chi connectivity index (χ3v) is 5.43. The Morgan fingerprint density at radius 1 is 1.03 bits per heavy atom. The maximum absolute atomic E-state index is 12.2. The first-order valence-corrected chi connectivity index (χ1v) is 10.3. The summed E-state index contributed by atoms with van der Waals surface area (Å²) in [7, 11) is 0. The van der Waals surface area contributed by atoms with Crippen molar-refractivity contribution in [1.82, 2.24) is 24.3 Å². The molecule has 5 rings (SSSR count). The van der Waals surface area contributed by atoms with Gasteiger partial charge in [0, 0.05) is 62.4 Å². The second-order valence-corrected chi connectivity index (χ2v) is 7.72. The molecule has 3 aromatic rings. The van der Waals surface area contributed by atoms with Gasteiger partial charge in [-0.25, -0.2) is 14.8 Å². The number of halogens is 3. The molecule has 174 valence electrons. The predicted molar refractivity (Wildman–Crippen MR) is 111 cm³/mol. The van der Waals surface area contributed by atoms with Crippen molar-refractivity contribution in [2.45, 2.75) is 19.0 Å². The van der Waals surface area contributed by atoms with E-state index >= 15 is 0 Å². The van der Waals surface area contributed by atoms with Gasteiger partial charge in [0.15, 0.2) is 11.5 Å². The molecule has 0 unspecified atom stereocenters. The number of carbonyl (C=O) groups is 2. The Balaban J connectivity index is 0.000000325. The molecule has 12 heteroatoms. The first-order chi connectivity index (χ1) is 15.8. The first kappa shape index (κ1) is 22.5. The summed E-state index contributed by atoms with van der Waals surface area (Å²) in [6.45, 7) is 3.10. The molecule has 33 heavy (non-hydrogen) atoms. The lowest BCUT2D eigenvalue weighted by molar-refractivity contribution is -0.192. The third kappa shape index (κ3) is 5.04. The van der Waals surface area contributed by atoms with Crippen LogP contribution < -0.4 is 4.90 Å². The number of fused-ring (bicyclic) bond motifs is 1. The molecule has 1 saturated carbocycles. The highest BCUT2D eigenvalue weighted by Crippen LogP contribution is 2.32. The van der Waals surface area contributed by atoms with Crippen molar-refractivity contribution in [3.8, 4) is 11.3 Å². The smallest absolute Gasteiger partial charge is 0.475 e. The van der Waals surface area contributed by atoms with E-state index in [1.807, 2.05) is 41.8 Å². The summed E-state index contributed by atoms with van der Waals surface area (Å²) in [5, 5.41) is 7.12. The molecule has 0 bridgehead atoms. The highest BCUT2D eigenvalue weighted by atomic mass is 19.4. The Bertz CT molecular complexity index is 1140. The lowest BCUT2D eigenvalue weighted by atomic mass is 10.2. The fraction of sp³-hybridized carbons (Fsp3) is 0.381. The zero-order valence-electron chi connectivity index (χ0n) is 17.4. The molecule has 0 spiro atoms. The molecule has 0 atom stereocenters. The van der Waals surface area contributed by atoms with E-state index in [0.717, 1.165) is 61.7 Å². The summed E-state index contributed by atoms with van der Waals surface area (Å²) in [6.07, 6.45) is 6.25. The van der Waals surface area contributed by atoms with Crippen molar-refractivity contribution >= 4 is 23.3 Å². The average molecular weight is 462 g/mol. The van der Waals surface area contributed by atoms with Crippen LogP contribution in [0.2, 0.25) is 0 Å². The third-order valence-electron chi connectivity index (χ3n) is 5.43. The van der Waals surface area contributed by atoms with E-state index in [9.17, 15) is 18.0 Å². The minimum Gasteiger partial charge on any atom is -0.475 e. The number of aromatic nitrogens is 4. The molecule has 2 aliphatic rings. The molecular weight excluding hydrogens is 441 g/mol. The summed E-state index contributed by atoms with van der Waals surface area (Å²) >= 11 is 0. The number of anilines is 1. The van der Waals surface area contributed by atoms with Crippen molar-refractivity contribution in [3.05, 3.63) is 43.1 Å². The van der Waals surface area contributed by atoms with Crippen molar-refractivity contribution < 1.29 is 27.9 Å². The highest BCUT2D eigenvalue weighted by molar-refractivity contribution is 5.81. The number of carboxylic acids is 1. The fourth-order valence-electron chi connectivity index (χ4n) is 3.58. The number of hydrogen-bond acceptors (Lipinski definition) is 6. The molecule has 1 amide bonds. The number of aliphatic carboxylic acids is 1. The topological polar surface area (TPSA) is 104 Å². The summed E-state index contributed by atoms with van der Waals surface area (Å²) in [6, 6.07) is 3.95. The largest absolute Gasteiger partial charge is 0.490 e. The summed E-state index contributed by atoms with van der Waals surface area (Å²) in [4.78, 5) is 38.8. The molecule has 1 N–H and O–H groups in total. The Morgan fingerprint density at radius 3 is 2.30 bits per heavy atom. The monoisotopic (exact) mass is 462 g/mol. The quantitative estimate of drug-likeness (QED) is 0.638. The van der Waals surface area contributed by atoms with E-state index < -0.39 is 12.1 Å². The van der Waals surface area contributed by atoms with Gasteiger partial charge in [-0.3, -0.25) is 14.2 Å². The Kier molecular flexibility index (Phi) is 6.16. The Labute approximate surface area is 186 Å². The minimum atomic E-state index is -5.08. The van der Waals surface area contributed by atoms with Gasteiger partial charge in [0.25, 0.3) is 0 Å². The summed E-state index contributed by atoms with van der Waals surface area (Å²) in [5.41, 5.74) is 2.87. The molecule has 2 fully saturated rings. The average Bonchev–Trinajstić information content (AvgIpc) is 3.57. The standard InChI is InChI=1S/C19H20N6O.C2HF3O2/c26-19(14-3-4-14)24-10-8-23(9-11-24)17-18-22-13-16(25(18)7-6-21-17)15-2-1-5-20-12-15;3-2(4,5)1(6)7/h1-2,5-7,12-14H,3-4,8-11H2;(H,6,7). The molecule has 0 radical (unpaired) electrons. The molecule has 0 aromatic carbocycles. The molecule has 9 nitrogen and oxygen atoms in total. The van der Waals surface area contributed by atoms with E-state index in [-0.39, 0.29) is 5.92 Å². The summed E-state index contributed by atoms with van der Waals surface area (Å²) in [5.74, 6) is -1.26. The number of imidazole rings is 1. The van der Waals surface area contributed by atoms with Gasteiger partial charge < -0.3 is 14.9 Å². The van der Waals surface area contributed by atoms with E-state index in [0.29, 0.717) is 5.91 Å². The molecule has 3 aromatic heterocycles. The van der Waals surface area contributed by atoms with Crippen LogP contribution in [0.15, 0.2) is 43.1 Å². The van der Waals surface area contributed by atoms with Crippen LogP contribution >= 0.6 is 0 Å². The second kappa shape index (κ2) is 9.04. The van der Waals surface area contributed by atoms with Crippen LogP contribution in [0.3, 0.4) is 0 Å². The zero-order chi connectivity index (χ0) is 23.6. The van der Waals surface area contributed by atoms with Crippen LogP contribution in [0.1, 0.15) is 12.8 Å². The van der Waals surface area contributed by atoms with Gasteiger partial charge in [-0.15, -0.1) is 0 Å². The van der Waals surface area contributed by atoms with Crippen LogP contribution in [-0.2, 0) is 9.59 Å². The zero-order valence-corrected chi connectivity index (χ0v) is 17.4. The SMILES string of the molecule is O=C(C1CC1)N1CCN(c2nccn3c(-c4cccnc4)cnc23)CC1.O=C(O)C(F)(F)F. The van der Waals surface area contributed by atoms with Crippen LogP contribution in [0.4, 0.5) is 19.0 Å². The second-order valence-electron chi connectivity index (χ2n) is 7.72. The maximum atomic E-state index is 12.2. The minimum absolute atomic E-state index is 0.289. The van der Waals surface area contributed by atoms with Gasteiger partial charge in [0.2, 0.25) is 5.91 Å². The number of carbonyl (C=O) groups excluding carboxylic acids is 1.